The van der Waals surface area contributed by atoms with E-state index in [9.17, 15) is 0 Å². The summed E-state index contributed by atoms with van der Waals surface area (Å²) in [5.41, 5.74) is 1.46. The molecule has 1 saturated heterocycles. The second kappa shape index (κ2) is 9.10. The summed E-state index contributed by atoms with van der Waals surface area (Å²) >= 11 is 1.64. The van der Waals surface area contributed by atoms with E-state index in [1.165, 1.54) is 6.33 Å². The number of rotatable bonds is 7. The van der Waals surface area contributed by atoms with Crippen molar-refractivity contribution in [2.24, 2.45) is 0 Å². The van der Waals surface area contributed by atoms with E-state index in [0.29, 0.717) is 34.5 Å². The van der Waals surface area contributed by atoms with Crippen molar-refractivity contribution in [3.05, 3.63) is 36.7 Å². The molecule has 29 heavy (non-hydrogen) atoms. The summed E-state index contributed by atoms with van der Waals surface area (Å²) in [4.78, 5) is 8.51. The summed E-state index contributed by atoms with van der Waals surface area (Å²) in [5, 5.41) is 12.7. The maximum Gasteiger partial charge on any atom is 0.245 e. The molecule has 0 amide bonds. The van der Waals surface area contributed by atoms with Crippen molar-refractivity contribution < 1.29 is 9.47 Å². The summed E-state index contributed by atoms with van der Waals surface area (Å²) in [7, 11) is 3.13. The van der Waals surface area contributed by atoms with Gasteiger partial charge >= 0.3 is 0 Å². The molecule has 4 rings (SSSR count). The monoisotopic (exact) mass is 413 g/mol. The van der Waals surface area contributed by atoms with E-state index < -0.39 is 0 Å². The highest BCUT2D eigenvalue weighted by Crippen LogP contribution is 2.35. The van der Waals surface area contributed by atoms with Gasteiger partial charge in [-0.05, 0) is 31.3 Å². The minimum absolute atomic E-state index is 0.376. The SMILES string of the molecule is COc1ncnc(OC)c1-n1c(NSC2CCCNC2)nnc1-c1ccccc1. The first-order valence-corrected chi connectivity index (χ1v) is 10.3. The van der Waals surface area contributed by atoms with Crippen LogP contribution in [0.2, 0.25) is 0 Å². The molecule has 1 aliphatic rings. The number of nitrogens with zero attached hydrogens (tertiary/aromatic N) is 5. The lowest BCUT2D eigenvalue weighted by atomic mass is 10.2. The van der Waals surface area contributed by atoms with Crippen molar-refractivity contribution >= 4 is 17.9 Å². The summed E-state index contributed by atoms with van der Waals surface area (Å²) in [6.45, 7) is 2.03. The Balaban J connectivity index is 1.78. The minimum atomic E-state index is 0.376. The number of nitrogens with one attached hydrogen (secondary N) is 2. The maximum absolute atomic E-state index is 5.50. The topological polar surface area (TPSA) is 99.0 Å². The number of anilines is 1. The van der Waals surface area contributed by atoms with Gasteiger partial charge in [-0.15, -0.1) is 10.2 Å². The second-order valence-corrected chi connectivity index (χ2v) is 7.58. The Morgan fingerprint density at radius 2 is 1.86 bits per heavy atom. The third-order valence-electron chi connectivity index (χ3n) is 4.63. The van der Waals surface area contributed by atoms with Gasteiger partial charge < -0.3 is 14.8 Å². The highest BCUT2D eigenvalue weighted by atomic mass is 32.2. The van der Waals surface area contributed by atoms with E-state index in [4.69, 9.17) is 9.47 Å². The number of benzene rings is 1. The van der Waals surface area contributed by atoms with Gasteiger partial charge in [-0.25, -0.2) is 0 Å². The van der Waals surface area contributed by atoms with Crippen LogP contribution in [0.15, 0.2) is 36.7 Å². The first-order valence-electron chi connectivity index (χ1n) is 9.38. The van der Waals surface area contributed by atoms with Crippen LogP contribution in [0.3, 0.4) is 0 Å². The molecule has 1 unspecified atom stereocenters. The van der Waals surface area contributed by atoms with Crippen LogP contribution in [0.4, 0.5) is 5.95 Å². The van der Waals surface area contributed by atoms with Crippen LogP contribution in [0, 0.1) is 0 Å². The molecule has 10 heteroatoms. The first-order chi connectivity index (χ1) is 14.3. The molecule has 0 spiro atoms. The lowest BCUT2D eigenvalue weighted by Gasteiger charge is -2.22. The van der Waals surface area contributed by atoms with Crippen LogP contribution < -0.4 is 19.5 Å². The predicted molar refractivity (Wildman–Crippen MR) is 113 cm³/mol. The third-order valence-corrected chi connectivity index (χ3v) is 5.67. The lowest BCUT2D eigenvalue weighted by molar-refractivity contribution is 0.368. The van der Waals surface area contributed by atoms with E-state index in [2.05, 4.69) is 30.2 Å². The standard InChI is InChI=1S/C19H23N7O2S/c1-27-17-15(18(28-2)22-12-21-17)26-16(13-7-4-3-5-8-13)23-24-19(26)25-29-14-9-6-10-20-11-14/h3-5,7-8,12,14,20H,6,9-11H2,1-2H3,(H,24,25). The quantitative estimate of drug-likeness (QED) is 0.566. The first kappa shape index (κ1) is 19.5. The summed E-state index contributed by atoms with van der Waals surface area (Å²) in [6, 6.07) is 9.83. The largest absolute Gasteiger partial charge is 0.479 e. The van der Waals surface area contributed by atoms with Crippen molar-refractivity contribution in [3.8, 4) is 28.8 Å². The Morgan fingerprint density at radius 3 is 2.52 bits per heavy atom. The normalized spacial score (nSPS) is 16.4. The fraction of sp³-hybridized carbons (Fsp3) is 0.368. The van der Waals surface area contributed by atoms with Gasteiger partial charge in [0.25, 0.3) is 0 Å². The fourth-order valence-electron chi connectivity index (χ4n) is 3.23. The van der Waals surface area contributed by atoms with E-state index in [-0.39, 0.29) is 0 Å². The van der Waals surface area contributed by atoms with Crippen molar-refractivity contribution in [1.82, 2.24) is 30.0 Å². The number of hydrogen-bond donors (Lipinski definition) is 2. The van der Waals surface area contributed by atoms with Crippen LogP contribution >= 0.6 is 11.9 Å². The molecule has 0 aliphatic carbocycles. The molecule has 1 atom stereocenters. The highest BCUT2D eigenvalue weighted by molar-refractivity contribution is 8.01. The molecular formula is C19H23N7O2S. The van der Waals surface area contributed by atoms with E-state index in [0.717, 1.165) is 31.5 Å². The summed E-state index contributed by atoms with van der Waals surface area (Å²) in [6.07, 6.45) is 3.71. The molecule has 1 aromatic carbocycles. The summed E-state index contributed by atoms with van der Waals surface area (Å²) < 4.78 is 16.2. The number of hydrogen-bond acceptors (Lipinski definition) is 9. The van der Waals surface area contributed by atoms with Crippen molar-refractivity contribution in [1.29, 1.82) is 0 Å². The molecule has 2 aromatic heterocycles. The van der Waals surface area contributed by atoms with Gasteiger partial charge in [-0.3, -0.25) is 9.29 Å². The molecular weight excluding hydrogens is 390 g/mol. The Bertz CT molecular complexity index is 923. The van der Waals surface area contributed by atoms with Crippen LogP contribution in [0.1, 0.15) is 12.8 Å². The zero-order chi connectivity index (χ0) is 20.1. The van der Waals surface area contributed by atoms with E-state index in [1.54, 1.807) is 26.2 Å². The Hall–Kier alpha value is -2.85. The Labute approximate surface area is 173 Å². The highest BCUT2D eigenvalue weighted by Gasteiger charge is 2.25. The fourth-order valence-corrected chi connectivity index (χ4v) is 4.12. The van der Waals surface area contributed by atoms with Crippen LogP contribution in [0.5, 0.6) is 11.8 Å². The molecule has 2 N–H and O–H groups in total. The molecule has 1 fully saturated rings. The zero-order valence-corrected chi connectivity index (χ0v) is 17.1. The van der Waals surface area contributed by atoms with Gasteiger partial charge in [-0.2, -0.15) is 9.97 Å². The molecule has 0 bridgehead atoms. The van der Waals surface area contributed by atoms with Gasteiger partial charge in [0.15, 0.2) is 11.5 Å². The van der Waals surface area contributed by atoms with Crippen molar-refractivity contribution in [3.63, 3.8) is 0 Å². The van der Waals surface area contributed by atoms with Crippen LogP contribution in [0.25, 0.3) is 17.1 Å². The average Bonchev–Trinajstić information content (AvgIpc) is 3.21. The van der Waals surface area contributed by atoms with Gasteiger partial charge in [0.05, 0.1) is 14.2 Å². The smallest absolute Gasteiger partial charge is 0.245 e. The number of aromatic nitrogens is 5. The molecule has 3 heterocycles. The second-order valence-electron chi connectivity index (χ2n) is 6.48. The predicted octanol–water partition coefficient (Wildman–Crippen LogP) is 2.55. The van der Waals surface area contributed by atoms with Crippen LogP contribution in [-0.4, -0.2) is 57.3 Å². The Kier molecular flexibility index (Phi) is 6.11. The van der Waals surface area contributed by atoms with E-state index in [1.807, 2.05) is 34.9 Å². The van der Waals surface area contributed by atoms with Gasteiger partial charge in [0.1, 0.15) is 6.33 Å². The minimum Gasteiger partial charge on any atom is -0.479 e. The Morgan fingerprint density at radius 1 is 1.10 bits per heavy atom. The van der Waals surface area contributed by atoms with Gasteiger partial charge in [0, 0.05) is 17.4 Å². The molecule has 0 saturated carbocycles. The van der Waals surface area contributed by atoms with E-state index >= 15 is 0 Å². The number of methoxy groups -OCH3 is 2. The molecule has 9 nitrogen and oxygen atoms in total. The lowest BCUT2D eigenvalue weighted by Crippen LogP contribution is -2.32. The number of ether oxygens (including phenoxy) is 2. The molecule has 152 valence electrons. The van der Waals surface area contributed by atoms with Crippen molar-refractivity contribution in [2.75, 3.05) is 32.0 Å². The summed E-state index contributed by atoms with van der Waals surface area (Å²) in [5.74, 6) is 1.95. The van der Waals surface area contributed by atoms with Gasteiger partial charge in [0.2, 0.25) is 17.7 Å². The van der Waals surface area contributed by atoms with Crippen molar-refractivity contribution in [2.45, 2.75) is 18.1 Å². The maximum atomic E-state index is 5.50. The van der Waals surface area contributed by atoms with Gasteiger partial charge in [-0.1, -0.05) is 30.3 Å². The number of piperidine rings is 1. The third kappa shape index (κ3) is 4.13. The zero-order valence-electron chi connectivity index (χ0n) is 16.3. The molecule has 1 aliphatic heterocycles. The van der Waals surface area contributed by atoms with Crippen LogP contribution in [-0.2, 0) is 0 Å². The molecule has 0 radical (unpaired) electrons. The average molecular weight is 414 g/mol. The molecule has 3 aromatic rings.